The van der Waals surface area contributed by atoms with Crippen molar-refractivity contribution in [3.63, 3.8) is 0 Å². The summed E-state index contributed by atoms with van der Waals surface area (Å²) in [6.45, 7) is 6.50. The van der Waals surface area contributed by atoms with Crippen LogP contribution in [0.3, 0.4) is 0 Å². The van der Waals surface area contributed by atoms with Gasteiger partial charge in [0, 0.05) is 4.88 Å². The molecule has 2 heterocycles. The van der Waals surface area contributed by atoms with Gasteiger partial charge >= 0.3 is 0 Å². The molecule has 0 fully saturated rings. The quantitative estimate of drug-likeness (QED) is 0.921. The zero-order valence-corrected chi connectivity index (χ0v) is 12.0. The Morgan fingerprint density at radius 2 is 2.18 bits per heavy atom. The van der Waals surface area contributed by atoms with E-state index in [2.05, 4.69) is 36.8 Å². The second-order valence-corrected chi connectivity index (χ2v) is 6.77. The molecular formula is C12H17N3S2. The molecule has 0 saturated heterocycles. The van der Waals surface area contributed by atoms with Crippen molar-refractivity contribution in [2.24, 2.45) is 5.92 Å². The van der Waals surface area contributed by atoms with Gasteiger partial charge in [-0.3, -0.25) is 0 Å². The summed E-state index contributed by atoms with van der Waals surface area (Å²) in [4.78, 5) is 11.2. The molecule has 0 amide bonds. The molecule has 0 bridgehead atoms. The second kappa shape index (κ2) is 5.23. The van der Waals surface area contributed by atoms with Crippen LogP contribution in [0.15, 0.2) is 6.07 Å². The Morgan fingerprint density at radius 3 is 2.88 bits per heavy atom. The molecule has 0 aliphatic carbocycles. The normalized spacial score (nSPS) is 11.5. The fourth-order valence-corrected chi connectivity index (χ4v) is 3.37. The summed E-state index contributed by atoms with van der Waals surface area (Å²) < 4.78 is 0. The van der Waals surface area contributed by atoms with Gasteiger partial charge in [-0.05, 0) is 24.7 Å². The molecule has 0 spiro atoms. The maximum atomic E-state index is 5.95. The van der Waals surface area contributed by atoms with Crippen molar-refractivity contribution in [3.8, 4) is 0 Å². The van der Waals surface area contributed by atoms with Gasteiger partial charge in [-0.25, -0.2) is 9.97 Å². The first-order valence-electron chi connectivity index (χ1n) is 5.66. The maximum absolute atomic E-state index is 5.95. The summed E-state index contributed by atoms with van der Waals surface area (Å²) in [7, 11) is 0. The van der Waals surface area contributed by atoms with Gasteiger partial charge in [0.25, 0.3) is 0 Å². The number of anilines is 1. The fourth-order valence-electron chi connectivity index (χ4n) is 1.56. The SMILES string of the molecule is Cc1cc2c(N)nc(CSCC(C)C)nc2s1. The molecule has 0 aromatic carbocycles. The predicted octanol–water partition coefficient (Wildman–Crippen LogP) is 3.47. The summed E-state index contributed by atoms with van der Waals surface area (Å²) in [5.74, 6) is 4.13. The van der Waals surface area contributed by atoms with Crippen molar-refractivity contribution < 1.29 is 0 Å². The van der Waals surface area contributed by atoms with Crippen molar-refractivity contribution in [1.29, 1.82) is 0 Å². The molecule has 0 unspecified atom stereocenters. The summed E-state index contributed by atoms with van der Waals surface area (Å²) in [6.07, 6.45) is 0. The number of nitrogens with zero attached hydrogens (tertiary/aromatic N) is 2. The van der Waals surface area contributed by atoms with Crippen LogP contribution in [-0.4, -0.2) is 15.7 Å². The van der Waals surface area contributed by atoms with Crippen LogP contribution in [0.4, 0.5) is 5.82 Å². The Balaban J connectivity index is 2.18. The van der Waals surface area contributed by atoms with Crippen molar-refractivity contribution in [2.45, 2.75) is 26.5 Å². The predicted molar refractivity (Wildman–Crippen MR) is 77.6 cm³/mol. The van der Waals surface area contributed by atoms with Crippen molar-refractivity contribution in [1.82, 2.24) is 9.97 Å². The molecule has 0 aliphatic heterocycles. The number of nitrogens with two attached hydrogens (primary N) is 1. The van der Waals surface area contributed by atoms with E-state index in [9.17, 15) is 0 Å². The van der Waals surface area contributed by atoms with E-state index < -0.39 is 0 Å². The number of thiophene rings is 1. The van der Waals surface area contributed by atoms with Gasteiger partial charge in [-0.2, -0.15) is 11.8 Å². The Labute approximate surface area is 110 Å². The number of fused-ring (bicyclic) bond motifs is 1. The van der Waals surface area contributed by atoms with Gasteiger partial charge in [0.15, 0.2) is 0 Å². The Bertz CT molecular complexity index is 520. The van der Waals surface area contributed by atoms with Crippen LogP contribution in [-0.2, 0) is 5.75 Å². The first-order valence-corrected chi connectivity index (χ1v) is 7.63. The highest BCUT2D eigenvalue weighted by Gasteiger charge is 2.08. The second-order valence-electron chi connectivity index (χ2n) is 4.51. The van der Waals surface area contributed by atoms with Gasteiger partial charge in [0.1, 0.15) is 16.5 Å². The highest BCUT2D eigenvalue weighted by molar-refractivity contribution is 7.98. The van der Waals surface area contributed by atoms with Crippen LogP contribution in [0.5, 0.6) is 0 Å². The Morgan fingerprint density at radius 1 is 1.41 bits per heavy atom. The minimum absolute atomic E-state index is 0.611. The number of nitrogen functional groups attached to an aromatic ring is 1. The molecule has 2 aromatic heterocycles. The molecular weight excluding hydrogens is 250 g/mol. The molecule has 2 aromatic rings. The van der Waals surface area contributed by atoms with E-state index in [4.69, 9.17) is 5.73 Å². The Hall–Kier alpha value is -0.810. The topological polar surface area (TPSA) is 51.8 Å². The van der Waals surface area contributed by atoms with Crippen molar-refractivity contribution in [3.05, 3.63) is 16.8 Å². The van der Waals surface area contributed by atoms with E-state index in [0.717, 1.165) is 27.5 Å². The third kappa shape index (κ3) is 3.10. The highest BCUT2D eigenvalue weighted by Crippen LogP contribution is 2.27. The maximum Gasteiger partial charge on any atom is 0.142 e. The van der Waals surface area contributed by atoms with E-state index in [1.165, 1.54) is 4.88 Å². The van der Waals surface area contributed by atoms with E-state index in [-0.39, 0.29) is 0 Å². The summed E-state index contributed by atoms with van der Waals surface area (Å²) in [5, 5.41) is 0.991. The van der Waals surface area contributed by atoms with Crippen molar-refractivity contribution in [2.75, 3.05) is 11.5 Å². The van der Waals surface area contributed by atoms with E-state index in [1.807, 2.05) is 11.8 Å². The molecule has 3 nitrogen and oxygen atoms in total. The summed E-state index contributed by atoms with van der Waals surface area (Å²) in [6, 6.07) is 2.06. The number of hydrogen-bond acceptors (Lipinski definition) is 5. The average molecular weight is 267 g/mol. The molecule has 2 N–H and O–H groups in total. The standard InChI is InChI=1S/C12H17N3S2/c1-7(2)5-16-6-10-14-11(13)9-4-8(3)17-12(9)15-10/h4,7H,5-6H2,1-3H3,(H2,13,14,15). The van der Waals surface area contributed by atoms with Gasteiger partial charge < -0.3 is 5.73 Å². The molecule has 0 aliphatic rings. The van der Waals surface area contributed by atoms with Gasteiger partial charge in [-0.15, -0.1) is 11.3 Å². The van der Waals surface area contributed by atoms with Crippen LogP contribution < -0.4 is 5.73 Å². The molecule has 17 heavy (non-hydrogen) atoms. The number of hydrogen-bond donors (Lipinski definition) is 1. The number of thioether (sulfide) groups is 1. The average Bonchev–Trinajstić information content (AvgIpc) is 2.58. The first-order chi connectivity index (χ1) is 8.06. The lowest BCUT2D eigenvalue weighted by atomic mass is 10.3. The lowest BCUT2D eigenvalue weighted by Gasteiger charge is -2.04. The van der Waals surface area contributed by atoms with E-state index >= 15 is 0 Å². The third-order valence-corrected chi connectivity index (χ3v) is 4.58. The van der Waals surface area contributed by atoms with Crippen LogP contribution in [0.25, 0.3) is 10.2 Å². The number of aromatic nitrogens is 2. The minimum Gasteiger partial charge on any atom is -0.383 e. The van der Waals surface area contributed by atoms with Crippen LogP contribution in [0.1, 0.15) is 24.5 Å². The van der Waals surface area contributed by atoms with Crippen LogP contribution in [0, 0.1) is 12.8 Å². The molecule has 0 atom stereocenters. The first kappa shape index (κ1) is 12.6. The fraction of sp³-hybridized carbons (Fsp3) is 0.500. The largest absolute Gasteiger partial charge is 0.383 e. The molecule has 5 heteroatoms. The third-order valence-electron chi connectivity index (χ3n) is 2.27. The lowest BCUT2D eigenvalue weighted by Crippen LogP contribution is -1.99. The van der Waals surface area contributed by atoms with Crippen LogP contribution >= 0.6 is 23.1 Å². The van der Waals surface area contributed by atoms with E-state index in [0.29, 0.717) is 11.7 Å². The van der Waals surface area contributed by atoms with Gasteiger partial charge in [-0.1, -0.05) is 13.8 Å². The zero-order valence-electron chi connectivity index (χ0n) is 10.4. The zero-order chi connectivity index (χ0) is 12.4. The van der Waals surface area contributed by atoms with E-state index in [1.54, 1.807) is 11.3 Å². The molecule has 92 valence electrons. The summed E-state index contributed by atoms with van der Waals surface area (Å²) in [5.41, 5.74) is 5.95. The highest BCUT2D eigenvalue weighted by atomic mass is 32.2. The number of rotatable bonds is 4. The monoisotopic (exact) mass is 267 g/mol. The lowest BCUT2D eigenvalue weighted by molar-refractivity contribution is 0.750. The Kier molecular flexibility index (Phi) is 3.89. The van der Waals surface area contributed by atoms with Gasteiger partial charge in [0.05, 0.1) is 11.1 Å². The smallest absolute Gasteiger partial charge is 0.142 e. The molecule has 0 saturated carbocycles. The summed E-state index contributed by atoms with van der Waals surface area (Å²) >= 11 is 3.54. The van der Waals surface area contributed by atoms with Crippen LogP contribution in [0.2, 0.25) is 0 Å². The minimum atomic E-state index is 0.611. The molecule has 0 radical (unpaired) electrons. The molecule has 2 rings (SSSR count). The van der Waals surface area contributed by atoms with Crippen molar-refractivity contribution >= 4 is 39.1 Å². The number of aryl methyl sites for hydroxylation is 1. The van der Waals surface area contributed by atoms with Gasteiger partial charge in [0.2, 0.25) is 0 Å².